The van der Waals surface area contributed by atoms with Gasteiger partial charge in [-0.15, -0.1) is 11.6 Å². The Hall–Kier alpha value is -1.09. The van der Waals surface area contributed by atoms with Crippen molar-refractivity contribution in [1.82, 2.24) is 9.88 Å². The zero-order chi connectivity index (χ0) is 12.3. The fraction of sp³-hybridized carbons (Fsp3) is 0.538. The van der Waals surface area contributed by atoms with Crippen LogP contribution in [-0.4, -0.2) is 34.3 Å². The van der Waals surface area contributed by atoms with Crippen molar-refractivity contribution in [3.63, 3.8) is 0 Å². The zero-order valence-electron chi connectivity index (χ0n) is 9.97. The summed E-state index contributed by atoms with van der Waals surface area (Å²) in [6.45, 7) is 0. The number of hydrogen-bond acceptors (Lipinski definition) is 2. The second kappa shape index (κ2) is 5.50. The summed E-state index contributed by atoms with van der Waals surface area (Å²) in [6.07, 6.45) is 5.93. The second-order valence-corrected chi connectivity index (χ2v) is 5.06. The van der Waals surface area contributed by atoms with Crippen molar-refractivity contribution in [3.05, 3.63) is 30.1 Å². The van der Waals surface area contributed by atoms with Crippen LogP contribution in [0.5, 0.6) is 0 Å². The lowest BCUT2D eigenvalue weighted by Crippen LogP contribution is -2.44. The van der Waals surface area contributed by atoms with Gasteiger partial charge in [0.25, 0.3) is 5.91 Å². The summed E-state index contributed by atoms with van der Waals surface area (Å²) in [5.74, 6) is -0.0388. The molecule has 0 aliphatic heterocycles. The third-order valence-electron chi connectivity index (χ3n) is 3.35. The van der Waals surface area contributed by atoms with Crippen molar-refractivity contribution in [2.24, 2.45) is 0 Å². The van der Waals surface area contributed by atoms with Crippen molar-refractivity contribution in [3.8, 4) is 0 Å². The number of hydrogen-bond donors (Lipinski definition) is 0. The molecule has 1 aliphatic rings. The van der Waals surface area contributed by atoms with Crippen molar-refractivity contribution in [2.75, 3.05) is 7.05 Å². The van der Waals surface area contributed by atoms with Crippen LogP contribution >= 0.6 is 11.6 Å². The van der Waals surface area contributed by atoms with Gasteiger partial charge in [0, 0.05) is 19.3 Å². The topological polar surface area (TPSA) is 33.2 Å². The maximum absolute atomic E-state index is 12.2. The lowest BCUT2D eigenvalue weighted by atomic mass is 9.94. The minimum atomic E-state index is -0.0388. The molecule has 3 nitrogen and oxygen atoms in total. The Morgan fingerprint density at radius 1 is 1.41 bits per heavy atom. The molecule has 1 saturated carbocycles. The van der Waals surface area contributed by atoms with Gasteiger partial charge in [-0.05, 0) is 25.0 Å². The van der Waals surface area contributed by atoms with Gasteiger partial charge in [0.05, 0.1) is 5.38 Å². The summed E-state index contributed by atoms with van der Waals surface area (Å²) in [5.41, 5.74) is 0.490. The van der Waals surface area contributed by atoms with Gasteiger partial charge in [0.1, 0.15) is 5.69 Å². The summed E-state index contributed by atoms with van der Waals surface area (Å²) in [4.78, 5) is 18.0. The number of rotatable bonds is 2. The van der Waals surface area contributed by atoms with Crippen LogP contribution in [0.4, 0.5) is 0 Å². The number of carbonyl (C=O) groups is 1. The first-order valence-corrected chi connectivity index (χ1v) is 6.46. The summed E-state index contributed by atoms with van der Waals surface area (Å²) < 4.78 is 0. The van der Waals surface area contributed by atoms with Crippen LogP contribution in [-0.2, 0) is 0 Å². The fourth-order valence-corrected chi connectivity index (χ4v) is 2.77. The number of amides is 1. The van der Waals surface area contributed by atoms with Gasteiger partial charge in [0.15, 0.2) is 0 Å². The summed E-state index contributed by atoms with van der Waals surface area (Å²) >= 11 is 6.29. The quantitative estimate of drug-likeness (QED) is 0.759. The SMILES string of the molecule is CN(C(=O)c1ccccn1)C1CCCCC1Cl. The third-order valence-corrected chi connectivity index (χ3v) is 3.86. The van der Waals surface area contributed by atoms with Crippen LogP contribution in [0, 0.1) is 0 Å². The molecule has 1 aromatic rings. The fourth-order valence-electron chi connectivity index (χ4n) is 2.32. The van der Waals surface area contributed by atoms with Gasteiger partial charge in [-0.2, -0.15) is 0 Å². The average molecular weight is 253 g/mol. The highest BCUT2D eigenvalue weighted by Crippen LogP contribution is 2.27. The van der Waals surface area contributed by atoms with Crippen LogP contribution in [0.25, 0.3) is 0 Å². The Balaban J connectivity index is 2.09. The van der Waals surface area contributed by atoms with Gasteiger partial charge in [0.2, 0.25) is 0 Å². The van der Waals surface area contributed by atoms with E-state index in [1.807, 2.05) is 19.2 Å². The molecule has 92 valence electrons. The maximum Gasteiger partial charge on any atom is 0.272 e. The molecule has 2 unspecified atom stereocenters. The van der Waals surface area contributed by atoms with E-state index in [0.717, 1.165) is 25.7 Å². The van der Waals surface area contributed by atoms with E-state index >= 15 is 0 Å². The first-order chi connectivity index (χ1) is 8.20. The predicted octanol–water partition coefficient (Wildman–Crippen LogP) is 2.70. The van der Waals surface area contributed by atoms with E-state index in [4.69, 9.17) is 11.6 Å². The van der Waals surface area contributed by atoms with Gasteiger partial charge in [-0.25, -0.2) is 0 Å². The Bertz CT molecular complexity index is 382. The highest BCUT2D eigenvalue weighted by molar-refractivity contribution is 6.21. The van der Waals surface area contributed by atoms with Gasteiger partial charge < -0.3 is 4.90 Å². The van der Waals surface area contributed by atoms with E-state index in [9.17, 15) is 4.79 Å². The summed E-state index contributed by atoms with van der Waals surface area (Å²) in [5, 5.41) is 0.0708. The minimum Gasteiger partial charge on any atom is -0.336 e. The van der Waals surface area contributed by atoms with E-state index in [1.54, 1.807) is 17.2 Å². The molecule has 0 aromatic carbocycles. The van der Waals surface area contributed by atoms with Crippen molar-refractivity contribution < 1.29 is 4.79 Å². The van der Waals surface area contributed by atoms with E-state index < -0.39 is 0 Å². The smallest absolute Gasteiger partial charge is 0.272 e. The Morgan fingerprint density at radius 3 is 2.82 bits per heavy atom. The molecule has 1 aromatic heterocycles. The normalized spacial score (nSPS) is 24.4. The van der Waals surface area contributed by atoms with Crippen molar-refractivity contribution >= 4 is 17.5 Å². The molecule has 2 atom stereocenters. The van der Waals surface area contributed by atoms with Gasteiger partial charge in [-0.3, -0.25) is 9.78 Å². The molecule has 1 heterocycles. The van der Waals surface area contributed by atoms with E-state index in [-0.39, 0.29) is 17.3 Å². The van der Waals surface area contributed by atoms with Crippen LogP contribution in [0.3, 0.4) is 0 Å². The van der Waals surface area contributed by atoms with Crippen LogP contribution < -0.4 is 0 Å². The Kier molecular flexibility index (Phi) is 4.00. The molecule has 0 bridgehead atoms. The zero-order valence-corrected chi connectivity index (χ0v) is 10.7. The number of pyridine rings is 1. The Labute approximate surface area is 107 Å². The molecule has 0 spiro atoms. The largest absolute Gasteiger partial charge is 0.336 e. The minimum absolute atomic E-state index is 0.0388. The molecule has 0 radical (unpaired) electrons. The number of alkyl halides is 1. The number of carbonyl (C=O) groups excluding carboxylic acids is 1. The summed E-state index contributed by atoms with van der Waals surface area (Å²) in [6, 6.07) is 5.51. The molecule has 0 N–H and O–H groups in total. The molecule has 4 heteroatoms. The predicted molar refractivity (Wildman–Crippen MR) is 68.2 cm³/mol. The molecular formula is C13H17ClN2O. The van der Waals surface area contributed by atoms with Crippen LogP contribution in [0.15, 0.2) is 24.4 Å². The summed E-state index contributed by atoms with van der Waals surface area (Å²) in [7, 11) is 1.82. The first kappa shape index (κ1) is 12.4. The highest BCUT2D eigenvalue weighted by Gasteiger charge is 2.30. The second-order valence-electron chi connectivity index (χ2n) is 4.50. The van der Waals surface area contributed by atoms with Gasteiger partial charge >= 0.3 is 0 Å². The number of nitrogens with zero attached hydrogens (tertiary/aromatic N) is 2. The molecule has 1 aliphatic carbocycles. The van der Waals surface area contributed by atoms with E-state index in [0.29, 0.717) is 5.69 Å². The molecule has 1 amide bonds. The molecular weight excluding hydrogens is 236 g/mol. The standard InChI is InChI=1S/C13H17ClN2O/c1-16(12-8-3-2-6-10(12)14)13(17)11-7-4-5-9-15-11/h4-5,7,9-10,12H,2-3,6,8H2,1H3. The monoisotopic (exact) mass is 252 g/mol. The van der Waals surface area contributed by atoms with E-state index in [1.165, 1.54) is 0 Å². The lowest BCUT2D eigenvalue weighted by molar-refractivity contribution is 0.0694. The van der Waals surface area contributed by atoms with Crippen molar-refractivity contribution in [1.29, 1.82) is 0 Å². The average Bonchev–Trinajstić information content (AvgIpc) is 2.39. The molecule has 17 heavy (non-hydrogen) atoms. The van der Waals surface area contributed by atoms with E-state index in [2.05, 4.69) is 4.98 Å². The number of halogens is 1. The Morgan fingerprint density at radius 2 is 2.18 bits per heavy atom. The lowest BCUT2D eigenvalue weighted by Gasteiger charge is -2.34. The number of aromatic nitrogens is 1. The highest BCUT2D eigenvalue weighted by atomic mass is 35.5. The molecule has 2 rings (SSSR count). The van der Waals surface area contributed by atoms with Crippen LogP contribution in [0.2, 0.25) is 0 Å². The van der Waals surface area contributed by atoms with Crippen molar-refractivity contribution in [2.45, 2.75) is 37.1 Å². The third kappa shape index (κ3) is 2.78. The first-order valence-electron chi connectivity index (χ1n) is 6.02. The maximum atomic E-state index is 12.2. The van der Waals surface area contributed by atoms with Gasteiger partial charge in [-0.1, -0.05) is 18.9 Å². The molecule has 1 fully saturated rings. The molecule has 0 saturated heterocycles. The van der Waals surface area contributed by atoms with Crippen LogP contribution in [0.1, 0.15) is 36.2 Å².